The van der Waals surface area contributed by atoms with E-state index in [0.29, 0.717) is 17.7 Å². The molecule has 46 heavy (non-hydrogen) atoms. The summed E-state index contributed by atoms with van der Waals surface area (Å²) in [5.41, 5.74) is 2.92. The quantitative estimate of drug-likeness (QED) is 0.137. The monoisotopic (exact) mass is 657 g/mol. The number of benzene rings is 2. The Kier molecular flexibility index (Phi) is 12.8. The van der Waals surface area contributed by atoms with Crippen molar-refractivity contribution >= 4 is 15.9 Å². The standard InChI is InChI=1S/C36H46F3N3O3S/c1-3-30(36(37,38)39)23-31(4-2)46(44,45)42-34(28-15-6-5-7-16-28)24-35(43)41-33-18-10-17-29-22-26(19-20-32(29)33)14-11-21-40-25-27-12-8-9-13-27/h3-7,15-16,19-20,22-23,27,33-34,40,42H,1,8-14,17-18,21,24-25H2,2H3,(H,41,43)/t33-,34-/m1/s1. The fourth-order valence-electron chi connectivity index (χ4n) is 6.44. The Morgan fingerprint density at radius 1 is 1.07 bits per heavy atom. The first-order chi connectivity index (χ1) is 22.0. The van der Waals surface area contributed by atoms with E-state index in [1.54, 1.807) is 30.3 Å². The number of alkyl halides is 3. The Labute approximate surface area is 271 Å². The van der Waals surface area contributed by atoms with Crippen LogP contribution < -0.4 is 15.4 Å². The summed E-state index contributed by atoms with van der Waals surface area (Å²) in [7, 11) is -4.43. The Hall–Kier alpha value is -3.21. The van der Waals surface area contributed by atoms with Gasteiger partial charge in [0.2, 0.25) is 15.9 Å². The van der Waals surface area contributed by atoms with E-state index in [-0.39, 0.29) is 18.4 Å². The van der Waals surface area contributed by atoms with Crippen LogP contribution in [0.1, 0.15) is 92.6 Å². The number of aryl methyl sites for hydroxylation is 2. The maximum Gasteiger partial charge on any atom is 0.416 e. The third-order valence-electron chi connectivity index (χ3n) is 8.91. The van der Waals surface area contributed by atoms with E-state index in [4.69, 9.17) is 0 Å². The van der Waals surface area contributed by atoms with Crippen molar-refractivity contribution in [2.24, 2.45) is 5.92 Å². The molecule has 0 aromatic heterocycles. The van der Waals surface area contributed by atoms with Gasteiger partial charge in [0, 0.05) is 6.42 Å². The predicted octanol–water partition coefficient (Wildman–Crippen LogP) is 7.52. The molecule has 1 fully saturated rings. The van der Waals surface area contributed by atoms with E-state index in [2.05, 4.69) is 40.1 Å². The van der Waals surface area contributed by atoms with Crippen LogP contribution in [0.5, 0.6) is 0 Å². The minimum atomic E-state index is -4.77. The summed E-state index contributed by atoms with van der Waals surface area (Å²) in [5.74, 6) is 0.474. The molecule has 0 radical (unpaired) electrons. The molecule has 2 aliphatic carbocycles. The number of carbonyl (C=O) groups excluding carboxylic acids is 1. The number of rotatable bonds is 15. The molecule has 2 aromatic carbocycles. The molecule has 1 saturated carbocycles. The van der Waals surface area contributed by atoms with Gasteiger partial charge in [0.15, 0.2) is 0 Å². The highest BCUT2D eigenvalue weighted by molar-refractivity contribution is 7.93. The second-order valence-corrected chi connectivity index (χ2v) is 14.0. The average Bonchev–Trinajstić information content (AvgIpc) is 3.54. The number of nitrogens with one attached hydrogen (secondary N) is 3. The molecule has 2 aromatic rings. The van der Waals surface area contributed by atoms with Gasteiger partial charge in [-0.2, -0.15) is 13.2 Å². The zero-order valence-electron chi connectivity index (χ0n) is 26.5. The molecule has 0 spiro atoms. The summed E-state index contributed by atoms with van der Waals surface area (Å²) in [5, 5.41) is 6.71. The fourth-order valence-corrected chi connectivity index (χ4v) is 7.77. The van der Waals surface area contributed by atoms with Crippen LogP contribution in [0.4, 0.5) is 13.2 Å². The number of carbonyl (C=O) groups is 1. The molecule has 1 amide bonds. The molecule has 10 heteroatoms. The number of allylic oxidation sites excluding steroid dienone is 4. The Bertz CT molecular complexity index is 1500. The Morgan fingerprint density at radius 3 is 2.48 bits per heavy atom. The molecule has 3 N–H and O–H groups in total. The van der Waals surface area contributed by atoms with Gasteiger partial charge in [-0.15, -0.1) is 0 Å². The van der Waals surface area contributed by atoms with E-state index in [9.17, 15) is 26.4 Å². The van der Waals surface area contributed by atoms with Crippen molar-refractivity contribution in [3.05, 3.63) is 106 Å². The van der Waals surface area contributed by atoms with Crippen LogP contribution in [0.2, 0.25) is 0 Å². The molecule has 0 aliphatic heterocycles. The number of sulfonamides is 1. The fraction of sp³-hybridized carbons (Fsp3) is 0.472. The second-order valence-electron chi connectivity index (χ2n) is 12.3. The lowest BCUT2D eigenvalue weighted by Crippen LogP contribution is -2.36. The second kappa shape index (κ2) is 16.6. The lowest BCUT2D eigenvalue weighted by atomic mass is 9.86. The molecule has 0 unspecified atom stereocenters. The Morgan fingerprint density at radius 2 is 1.80 bits per heavy atom. The van der Waals surface area contributed by atoms with Crippen molar-refractivity contribution in [3.8, 4) is 0 Å². The maximum absolute atomic E-state index is 13.4. The van der Waals surface area contributed by atoms with Crippen LogP contribution in [-0.2, 0) is 27.7 Å². The van der Waals surface area contributed by atoms with Crippen LogP contribution in [-0.4, -0.2) is 33.6 Å². The van der Waals surface area contributed by atoms with Crippen LogP contribution in [0.25, 0.3) is 0 Å². The number of hydrogen-bond donors (Lipinski definition) is 3. The molecular formula is C36H46F3N3O3S. The highest BCUT2D eigenvalue weighted by Gasteiger charge is 2.33. The van der Waals surface area contributed by atoms with Gasteiger partial charge in [-0.05, 0) is 99.2 Å². The predicted molar refractivity (Wildman–Crippen MR) is 177 cm³/mol. The van der Waals surface area contributed by atoms with Gasteiger partial charge < -0.3 is 10.6 Å². The topological polar surface area (TPSA) is 87.3 Å². The van der Waals surface area contributed by atoms with E-state index in [0.717, 1.165) is 62.8 Å². The first kappa shape index (κ1) is 35.6. The lowest BCUT2D eigenvalue weighted by molar-refractivity contribution is -0.122. The molecule has 0 heterocycles. The molecular weight excluding hydrogens is 611 g/mol. The van der Waals surface area contributed by atoms with E-state index < -0.39 is 32.7 Å². The number of hydrogen-bond acceptors (Lipinski definition) is 4. The first-order valence-corrected chi connectivity index (χ1v) is 17.7. The number of halogens is 3. The largest absolute Gasteiger partial charge is 0.416 e. The van der Waals surface area contributed by atoms with Crippen LogP contribution >= 0.6 is 0 Å². The van der Waals surface area contributed by atoms with Crippen molar-refractivity contribution in [3.63, 3.8) is 0 Å². The maximum atomic E-state index is 13.4. The summed E-state index contributed by atoms with van der Waals surface area (Å²) in [6.45, 7) is 6.62. The van der Waals surface area contributed by atoms with Crippen LogP contribution in [0.15, 0.2) is 83.8 Å². The highest BCUT2D eigenvalue weighted by atomic mass is 32.2. The highest BCUT2D eigenvalue weighted by Crippen LogP contribution is 2.32. The summed E-state index contributed by atoms with van der Waals surface area (Å²) in [6.07, 6.45) is 7.27. The minimum Gasteiger partial charge on any atom is -0.349 e. The zero-order valence-corrected chi connectivity index (χ0v) is 27.4. The van der Waals surface area contributed by atoms with Crippen molar-refractivity contribution in [1.29, 1.82) is 0 Å². The molecule has 2 aliphatic rings. The van der Waals surface area contributed by atoms with Gasteiger partial charge in [0.25, 0.3) is 0 Å². The van der Waals surface area contributed by atoms with Crippen molar-refractivity contribution in [2.75, 3.05) is 13.1 Å². The van der Waals surface area contributed by atoms with Crippen LogP contribution in [0.3, 0.4) is 0 Å². The van der Waals surface area contributed by atoms with Gasteiger partial charge in [-0.1, -0.05) is 80.1 Å². The zero-order chi connectivity index (χ0) is 33.2. The normalized spacial score (nSPS) is 18.7. The van der Waals surface area contributed by atoms with E-state index >= 15 is 0 Å². The van der Waals surface area contributed by atoms with Crippen LogP contribution in [0, 0.1) is 5.92 Å². The smallest absolute Gasteiger partial charge is 0.349 e. The lowest BCUT2D eigenvalue weighted by Gasteiger charge is -2.28. The number of amides is 1. The summed E-state index contributed by atoms with van der Waals surface area (Å²) < 4.78 is 69.1. The van der Waals surface area contributed by atoms with Crippen molar-refractivity contribution < 1.29 is 26.4 Å². The third-order valence-corrected chi connectivity index (χ3v) is 10.5. The molecule has 0 bridgehead atoms. The Balaban J connectivity index is 1.41. The average molecular weight is 658 g/mol. The molecule has 2 atom stereocenters. The van der Waals surface area contributed by atoms with Crippen molar-refractivity contribution in [1.82, 2.24) is 15.4 Å². The third kappa shape index (κ3) is 10.1. The molecule has 0 saturated heterocycles. The van der Waals surface area contributed by atoms with Crippen molar-refractivity contribution in [2.45, 2.75) is 89.4 Å². The molecule has 250 valence electrons. The van der Waals surface area contributed by atoms with Gasteiger partial charge in [0.05, 0.1) is 22.6 Å². The molecule has 4 rings (SSSR count). The van der Waals surface area contributed by atoms with Gasteiger partial charge >= 0.3 is 6.18 Å². The SMILES string of the molecule is C=CC(=CC(=CC)S(=O)(=O)N[C@H](CC(=O)N[C@@H]1CCCc2cc(CCCNCC3CCCC3)ccc21)c1ccccc1)C(F)(F)F. The minimum absolute atomic E-state index is 0.206. The summed E-state index contributed by atoms with van der Waals surface area (Å²) in [4.78, 5) is 12.8. The summed E-state index contributed by atoms with van der Waals surface area (Å²) in [6, 6.07) is 13.8. The molecule has 6 nitrogen and oxygen atoms in total. The summed E-state index contributed by atoms with van der Waals surface area (Å²) >= 11 is 0. The van der Waals surface area contributed by atoms with Gasteiger partial charge in [-0.25, -0.2) is 13.1 Å². The van der Waals surface area contributed by atoms with E-state index in [1.165, 1.54) is 43.7 Å². The number of fused-ring (bicyclic) bond motifs is 1. The first-order valence-electron chi connectivity index (χ1n) is 16.3. The van der Waals surface area contributed by atoms with Gasteiger partial charge in [0.1, 0.15) is 0 Å². The van der Waals surface area contributed by atoms with Gasteiger partial charge in [-0.3, -0.25) is 4.79 Å². The van der Waals surface area contributed by atoms with E-state index in [1.807, 2.05) is 0 Å².